The number of hydrogen-bond donors (Lipinski definition) is 1. The first kappa shape index (κ1) is 20.1. The molecule has 1 aliphatic heterocycles. The lowest BCUT2D eigenvalue weighted by Gasteiger charge is -2.26. The minimum Gasteiger partial charge on any atom is -0.455 e. The van der Waals surface area contributed by atoms with E-state index in [1.165, 1.54) is 16.4 Å². The third-order valence-corrected chi connectivity index (χ3v) is 7.89. The van der Waals surface area contributed by atoms with Crippen LogP contribution in [0.3, 0.4) is 0 Å². The number of hydrogen-bond acceptors (Lipinski definition) is 5. The van der Waals surface area contributed by atoms with Crippen LogP contribution in [0.1, 0.15) is 32.1 Å². The Hall–Kier alpha value is -2.19. The summed E-state index contributed by atoms with van der Waals surface area (Å²) in [6.07, 6.45) is 8.75. The van der Waals surface area contributed by atoms with E-state index >= 15 is 0 Å². The lowest BCUT2D eigenvalue weighted by Crippen LogP contribution is -2.35. The SMILES string of the molecule is O=C(COC(=O)[C@H]1C[C@H]2C=C[C@H]1C2)Nc1cccc(S(=O)(=O)N2CCCCC2)c1. The highest BCUT2D eigenvalue weighted by Crippen LogP contribution is 2.43. The number of allylic oxidation sites excluding steroid dienone is 2. The van der Waals surface area contributed by atoms with Crippen molar-refractivity contribution in [3.63, 3.8) is 0 Å². The number of nitrogens with zero attached hydrogens (tertiary/aromatic N) is 1. The molecule has 4 rings (SSSR count). The Morgan fingerprint density at radius 1 is 1.10 bits per heavy atom. The zero-order chi connectivity index (χ0) is 20.4. The Balaban J connectivity index is 1.33. The van der Waals surface area contributed by atoms with Gasteiger partial charge >= 0.3 is 5.97 Å². The summed E-state index contributed by atoms with van der Waals surface area (Å²) in [5, 5.41) is 2.62. The van der Waals surface area contributed by atoms with Gasteiger partial charge in [-0.25, -0.2) is 8.42 Å². The molecule has 29 heavy (non-hydrogen) atoms. The third kappa shape index (κ3) is 4.38. The van der Waals surface area contributed by atoms with Crippen molar-refractivity contribution in [3.05, 3.63) is 36.4 Å². The van der Waals surface area contributed by atoms with Crippen LogP contribution in [0, 0.1) is 17.8 Å². The number of fused-ring (bicyclic) bond motifs is 2. The maximum Gasteiger partial charge on any atom is 0.310 e. The molecule has 1 heterocycles. The third-order valence-electron chi connectivity index (χ3n) is 6.00. The van der Waals surface area contributed by atoms with E-state index in [-0.39, 0.29) is 29.3 Å². The van der Waals surface area contributed by atoms with Crippen LogP contribution in [0.15, 0.2) is 41.3 Å². The summed E-state index contributed by atoms with van der Waals surface area (Å²) in [4.78, 5) is 24.6. The highest BCUT2D eigenvalue weighted by molar-refractivity contribution is 7.89. The quantitative estimate of drug-likeness (QED) is 0.566. The number of sulfonamides is 1. The number of amides is 1. The van der Waals surface area contributed by atoms with Crippen molar-refractivity contribution in [2.75, 3.05) is 25.0 Å². The first-order valence-corrected chi connectivity index (χ1v) is 11.6. The predicted octanol–water partition coefficient (Wildman–Crippen LogP) is 2.56. The first-order chi connectivity index (χ1) is 13.9. The van der Waals surface area contributed by atoms with Gasteiger partial charge in [0.25, 0.3) is 5.91 Å². The van der Waals surface area contributed by atoms with E-state index in [1.54, 1.807) is 12.1 Å². The molecule has 1 aromatic rings. The van der Waals surface area contributed by atoms with Crippen LogP contribution in [0.5, 0.6) is 0 Å². The molecule has 1 saturated carbocycles. The van der Waals surface area contributed by atoms with Gasteiger partial charge in [-0.1, -0.05) is 24.6 Å². The smallest absolute Gasteiger partial charge is 0.310 e. The summed E-state index contributed by atoms with van der Waals surface area (Å²) in [5.41, 5.74) is 0.368. The highest BCUT2D eigenvalue weighted by atomic mass is 32.2. The molecule has 0 radical (unpaired) electrons. The fraction of sp³-hybridized carbons (Fsp3) is 0.524. The van der Waals surface area contributed by atoms with Gasteiger partial charge in [-0.2, -0.15) is 4.31 Å². The molecule has 2 bridgehead atoms. The second-order valence-corrected chi connectivity index (χ2v) is 9.97. The van der Waals surface area contributed by atoms with Crippen molar-refractivity contribution in [2.45, 2.75) is 37.0 Å². The zero-order valence-electron chi connectivity index (χ0n) is 16.2. The summed E-state index contributed by atoms with van der Waals surface area (Å²) in [5.74, 6) is -0.290. The molecule has 0 unspecified atom stereocenters. The van der Waals surface area contributed by atoms with Gasteiger partial charge in [0.1, 0.15) is 0 Å². The van der Waals surface area contributed by atoms with Crippen LogP contribution in [0.4, 0.5) is 5.69 Å². The van der Waals surface area contributed by atoms with Crippen molar-refractivity contribution >= 4 is 27.6 Å². The second-order valence-electron chi connectivity index (χ2n) is 8.04. The predicted molar refractivity (Wildman–Crippen MR) is 107 cm³/mol. The van der Waals surface area contributed by atoms with Crippen molar-refractivity contribution in [3.8, 4) is 0 Å². The first-order valence-electron chi connectivity index (χ1n) is 10.2. The van der Waals surface area contributed by atoms with Crippen molar-refractivity contribution in [2.24, 2.45) is 17.8 Å². The minimum atomic E-state index is -3.57. The molecule has 1 amide bonds. The highest BCUT2D eigenvalue weighted by Gasteiger charge is 2.40. The van der Waals surface area contributed by atoms with Gasteiger partial charge in [0.2, 0.25) is 10.0 Å². The minimum absolute atomic E-state index is 0.156. The fourth-order valence-electron chi connectivity index (χ4n) is 4.48. The van der Waals surface area contributed by atoms with Crippen LogP contribution in [-0.2, 0) is 24.3 Å². The topological polar surface area (TPSA) is 92.8 Å². The number of carbonyl (C=O) groups excluding carboxylic acids is 2. The van der Waals surface area contributed by atoms with Crippen LogP contribution in [0.2, 0.25) is 0 Å². The molecular weight excluding hydrogens is 392 g/mol. The number of esters is 1. The number of carbonyl (C=O) groups is 2. The average Bonchev–Trinajstić information content (AvgIpc) is 3.37. The van der Waals surface area contributed by atoms with Crippen molar-refractivity contribution in [1.29, 1.82) is 0 Å². The standard InChI is InChI=1S/C21H26N2O5S/c24-20(14-28-21(25)19-12-15-7-8-16(19)11-15)22-17-5-4-6-18(13-17)29(26,27)23-9-2-1-3-10-23/h4-8,13,15-16,19H,1-3,9-12,14H2,(H,22,24)/t15-,16-,19-/m0/s1. The maximum absolute atomic E-state index is 12.8. The van der Waals surface area contributed by atoms with Gasteiger partial charge in [0, 0.05) is 18.8 Å². The molecular formula is C21H26N2O5S. The molecule has 2 aliphatic carbocycles. The van der Waals surface area contributed by atoms with E-state index in [1.807, 2.05) is 0 Å². The molecule has 0 spiro atoms. The Morgan fingerprint density at radius 3 is 2.59 bits per heavy atom. The number of ether oxygens (including phenoxy) is 1. The van der Waals surface area contributed by atoms with E-state index in [4.69, 9.17) is 4.74 Å². The van der Waals surface area contributed by atoms with Crippen LogP contribution in [0.25, 0.3) is 0 Å². The number of nitrogens with one attached hydrogen (secondary N) is 1. The lowest BCUT2D eigenvalue weighted by atomic mass is 9.94. The summed E-state index contributed by atoms with van der Waals surface area (Å²) in [7, 11) is -3.57. The van der Waals surface area contributed by atoms with E-state index in [0.717, 1.165) is 32.1 Å². The van der Waals surface area contributed by atoms with Crippen molar-refractivity contribution in [1.82, 2.24) is 4.31 Å². The van der Waals surface area contributed by atoms with Gasteiger partial charge in [-0.3, -0.25) is 9.59 Å². The number of anilines is 1. The van der Waals surface area contributed by atoms with E-state index in [9.17, 15) is 18.0 Å². The summed E-state index contributed by atoms with van der Waals surface area (Å²) >= 11 is 0. The van der Waals surface area contributed by atoms with Gasteiger partial charge in [-0.05, 0) is 55.7 Å². The second kappa shape index (κ2) is 8.28. The molecule has 0 aromatic heterocycles. The molecule has 3 atom stereocenters. The maximum atomic E-state index is 12.8. The fourth-order valence-corrected chi connectivity index (χ4v) is 6.04. The Bertz CT molecular complexity index is 921. The van der Waals surface area contributed by atoms with Crippen molar-refractivity contribution < 1.29 is 22.7 Å². The zero-order valence-corrected chi connectivity index (χ0v) is 17.1. The summed E-state index contributed by atoms with van der Waals surface area (Å²) in [6.45, 7) is 0.666. The largest absolute Gasteiger partial charge is 0.455 e. The summed E-state index contributed by atoms with van der Waals surface area (Å²) in [6, 6.07) is 6.20. The van der Waals surface area contributed by atoms with Gasteiger partial charge < -0.3 is 10.1 Å². The van der Waals surface area contributed by atoms with Crippen LogP contribution >= 0.6 is 0 Å². The number of benzene rings is 1. The molecule has 1 saturated heterocycles. The van der Waals surface area contributed by atoms with Gasteiger partial charge in [0.15, 0.2) is 6.61 Å². The van der Waals surface area contributed by atoms with Gasteiger partial charge in [0.05, 0.1) is 10.8 Å². The number of piperidine rings is 1. The average molecular weight is 419 g/mol. The Kier molecular flexibility index (Phi) is 5.74. The molecule has 2 fully saturated rings. The molecule has 7 nitrogen and oxygen atoms in total. The van der Waals surface area contributed by atoms with E-state index in [0.29, 0.717) is 24.7 Å². The van der Waals surface area contributed by atoms with Crippen LogP contribution < -0.4 is 5.32 Å². The van der Waals surface area contributed by atoms with E-state index in [2.05, 4.69) is 17.5 Å². The summed E-state index contributed by atoms with van der Waals surface area (Å²) < 4.78 is 32.3. The van der Waals surface area contributed by atoms with E-state index < -0.39 is 15.9 Å². The monoisotopic (exact) mass is 418 g/mol. The Morgan fingerprint density at radius 2 is 1.90 bits per heavy atom. The number of rotatable bonds is 6. The molecule has 156 valence electrons. The Labute approximate surface area is 171 Å². The van der Waals surface area contributed by atoms with Crippen LogP contribution in [-0.4, -0.2) is 44.3 Å². The molecule has 1 N–H and O–H groups in total. The molecule has 1 aromatic carbocycles. The molecule has 8 heteroatoms. The van der Waals surface area contributed by atoms with Gasteiger partial charge in [-0.15, -0.1) is 0 Å². The molecule has 3 aliphatic rings. The normalized spacial score (nSPS) is 26.4. The lowest BCUT2D eigenvalue weighted by molar-refractivity contribution is -0.152.